The molecule has 1 aliphatic carbocycles. The van der Waals surface area contributed by atoms with E-state index in [0.29, 0.717) is 28.7 Å². The molecule has 0 fully saturated rings. The van der Waals surface area contributed by atoms with Gasteiger partial charge in [-0.15, -0.1) is 0 Å². The smallest absolute Gasteiger partial charge is 0.314 e. The van der Waals surface area contributed by atoms with E-state index in [1.54, 1.807) is 21.3 Å². The zero-order chi connectivity index (χ0) is 28.3. The Hall–Kier alpha value is -4.91. The van der Waals surface area contributed by atoms with Crippen molar-refractivity contribution in [1.82, 2.24) is 0 Å². The van der Waals surface area contributed by atoms with Gasteiger partial charge in [0.2, 0.25) is 12.5 Å². The van der Waals surface area contributed by atoms with E-state index in [4.69, 9.17) is 28.4 Å². The fourth-order valence-electron chi connectivity index (χ4n) is 5.56. The molecule has 0 saturated heterocycles. The molecule has 2 aliphatic rings. The average Bonchev–Trinajstić information content (AvgIpc) is 3.49. The largest absolute Gasteiger partial charge is 0.493 e. The van der Waals surface area contributed by atoms with Gasteiger partial charge in [0, 0.05) is 5.92 Å². The molecular formula is C34H30O7. The number of fused-ring (bicyclic) bond motifs is 2. The third kappa shape index (κ3) is 4.95. The molecule has 0 bridgehead atoms. The molecule has 2 unspecified atom stereocenters. The van der Waals surface area contributed by atoms with E-state index in [-0.39, 0.29) is 12.8 Å². The molecule has 0 radical (unpaired) electrons. The molecule has 7 nitrogen and oxygen atoms in total. The van der Waals surface area contributed by atoms with E-state index in [1.807, 2.05) is 97.1 Å². The number of esters is 1. The molecule has 4 aromatic carbocycles. The Morgan fingerprint density at radius 1 is 0.780 bits per heavy atom. The molecule has 208 valence electrons. The summed E-state index contributed by atoms with van der Waals surface area (Å²) in [5.74, 6) is 1.33. The van der Waals surface area contributed by atoms with Crippen molar-refractivity contribution in [2.24, 2.45) is 5.92 Å². The lowest BCUT2D eigenvalue weighted by atomic mass is 9.75. The highest BCUT2D eigenvalue weighted by Crippen LogP contribution is 2.49. The molecule has 0 saturated carbocycles. The van der Waals surface area contributed by atoms with E-state index in [0.717, 1.165) is 27.8 Å². The van der Waals surface area contributed by atoms with Crippen molar-refractivity contribution in [3.05, 3.63) is 119 Å². The summed E-state index contributed by atoms with van der Waals surface area (Å²) in [6.07, 6.45) is 3.27. The van der Waals surface area contributed by atoms with Crippen LogP contribution in [0, 0.1) is 5.92 Å². The molecule has 4 aromatic rings. The van der Waals surface area contributed by atoms with Crippen LogP contribution in [0.25, 0.3) is 6.08 Å². The van der Waals surface area contributed by atoms with E-state index in [1.165, 1.54) is 0 Å². The molecule has 0 N–H and O–H groups in total. The molecule has 41 heavy (non-hydrogen) atoms. The maximum Gasteiger partial charge on any atom is 0.314 e. The highest BCUT2D eigenvalue weighted by atomic mass is 16.7. The van der Waals surface area contributed by atoms with Gasteiger partial charge < -0.3 is 28.4 Å². The number of rotatable bonds is 8. The molecule has 0 aromatic heterocycles. The lowest BCUT2D eigenvalue weighted by Gasteiger charge is -2.31. The second-order valence-corrected chi connectivity index (χ2v) is 9.79. The SMILES string of the molecule is COc1cc(C2c3cc4c(cc3C=CC2C(=O)OC(c2ccccc2)c2ccccc2)OCO4)cc(OC)c1OC. The van der Waals surface area contributed by atoms with Crippen LogP contribution in [-0.2, 0) is 9.53 Å². The van der Waals surface area contributed by atoms with Gasteiger partial charge in [-0.2, -0.15) is 0 Å². The minimum absolute atomic E-state index is 0.151. The first kappa shape index (κ1) is 26.3. The average molecular weight is 551 g/mol. The molecule has 6 rings (SSSR count). The van der Waals surface area contributed by atoms with E-state index >= 15 is 0 Å². The Balaban J connectivity index is 1.45. The zero-order valence-electron chi connectivity index (χ0n) is 23.0. The van der Waals surface area contributed by atoms with Gasteiger partial charge in [0.1, 0.15) is 0 Å². The van der Waals surface area contributed by atoms with Gasteiger partial charge >= 0.3 is 5.97 Å². The summed E-state index contributed by atoms with van der Waals surface area (Å²) in [7, 11) is 4.71. The van der Waals surface area contributed by atoms with Gasteiger partial charge in [-0.05, 0) is 52.1 Å². The molecular weight excluding hydrogens is 520 g/mol. The Bertz CT molecular complexity index is 1520. The van der Waals surface area contributed by atoms with Crippen LogP contribution >= 0.6 is 0 Å². The Morgan fingerprint density at radius 2 is 1.37 bits per heavy atom. The highest BCUT2D eigenvalue weighted by Gasteiger charge is 2.38. The first-order chi connectivity index (χ1) is 20.1. The Labute approximate surface area is 238 Å². The number of methoxy groups -OCH3 is 3. The third-order valence-electron chi connectivity index (χ3n) is 7.51. The summed E-state index contributed by atoms with van der Waals surface area (Å²) in [6, 6.07) is 27.2. The van der Waals surface area contributed by atoms with Gasteiger partial charge in [-0.1, -0.05) is 72.8 Å². The minimum Gasteiger partial charge on any atom is -0.493 e. The normalized spacial score (nSPS) is 16.7. The number of carbonyl (C=O) groups is 1. The van der Waals surface area contributed by atoms with Crippen LogP contribution in [0.1, 0.15) is 39.8 Å². The van der Waals surface area contributed by atoms with Crippen molar-refractivity contribution in [2.75, 3.05) is 28.1 Å². The van der Waals surface area contributed by atoms with Crippen LogP contribution in [0.15, 0.2) is 91.0 Å². The van der Waals surface area contributed by atoms with Gasteiger partial charge in [0.15, 0.2) is 29.1 Å². The van der Waals surface area contributed by atoms with Gasteiger partial charge in [0.25, 0.3) is 0 Å². The number of hydrogen-bond acceptors (Lipinski definition) is 7. The predicted molar refractivity (Wildman–Crippen MR) is 154 cm³/mol. The lowest BCUT2D eigenvalue weighted by molar-refractivity contribution is -0.151. The highest BCUT2D eigenvalue weighted by molar-refractivity contribution is 5.82. The Kier molecular flexibility index (Phi) is 7.25. The summed E-state index contributed by atoms with van der Waals surface area (Å²) in [6.45, 7) is 0.151. The summed E-state index contributed by atoms with van der Waals surface area (Å²) in [4.78, 5) is 14.2. The van der Waals surface area contributed by atoms with Gasteiger partial charge in [0.05, 0.1) is 27.2 Å². The lowest BCUT2D eigenvalue weighted by Crippen LogP contribution is -2.28. The molecule has 0 amide bonds. The Morgan fingerprint density at radius 3 is 1.93 bits per heavy atom. The first-order valence-corrected chi connectivity index (χ1v) is 13.3. The third-order valence-corrected chi connectivity index (χ3v) is 7.51. The maximum absolute atomic E-state index is 14.2. The summed E-state index contributed by atoms with van der Waals surface area (Å²) in [5, 5.41) is 0. The van der Waals surface area contributed by atoms with Crippen LogP contribution in [0.5, 0.6) is 28.7 Å². The minimum atomic E-state index is -0.652. The van der Waals surface area contributed by atoms with Crippen molar-refractivity contribution in [3.8, 4) is 28.7 Å². The fourth-order valence-corrected chi connectivity index (χ4v) is 5.56. The topological polar surface area (TPSA) is 72.5 Å². The zero-order valence-corrected chi connectivity index (χ0v) is 23.0. The second kappa shape index (κ2) is 11.3. The van der Waals surface area contributed by atoms with Crippen molar-refractivity contribution in [3.63, 3.8) is 0 Å². The van der Waals surface area contributed by atoms with Crippen LogP contribution in [0.3, 0.4) is 0 Å². The molecule has 2 atom stereocenters. The van der Waals surface area contributed by atoms with Crippen LogP contribution in [0.4, 0.5) is 0 Å². The van der Waals surface area contributed by atoms with E-state index < -0.39 is 17.9 Å². The van der Waals surface area contributed by atoms with Crippen molar-refractivity contribution < 1.29 is 33.2 Å². The van der Waals surface area contributed by atoms with Crippen LogP contribution < -0.4 is 23.7 Å². The quantitative estimate of drug-likeness (QED) is 0.230. The monoisotopic (exact) mass is 550 g/mol. The molecule has 7 heteroatoms. The number of benzene rings is 4. The van der Waals surface area contributed by atoms with Gasteiger partial charge in [-0.3, -0.25) is 4.79 Å². The molecule has 1 aliphatic heterocycles. The number of hydrogen-bond donors (Lipinski definition) is 0. The predicted octanol–water partition coefficient (Wildman–Crippen LogP) is 6.55. The standard InChI is InChI=1S/C34H30O7/c1-36-29-17-24(18-30(37-2)33(29)38-3)31-25(15-14-23-16-27-28(19-26(23)31)40-20-39-27)34(35)41-32(21-10-6-4-7-11-21)22-12-8-5-9-13-22/h4-19,25,31-32H,20H2,1-3H3. The van der Waals surface area contributed by atoms with Gasteiger partial charge in [-0.25, -0.2) is 0 Å². The number of ether oxygens (including phenoxy) is 6. The fraction of sp³-hybridized carbons (Fsp3) is 0.206. The summed E-state index contributed by atoms with van der Waals surface area (Å²) >= 11 is 0. The molecule has 0 spiro atoms. The van der Waals surface area contributed by atoms with Crippen LogP contribution in [-0.4, -0.2) is 34.1 Å². The van der Waals surface area contributed by atoms with Crippen molar-refractivity contribution >= 4 is 12.0 Å². The van der Waals surface area contributed by atoms with Crippen molar-refractivity contribution in [2.45, 2.75) is 12.0 Å². The van der Waals surface area contributed by atoms with E-state index in [2.05, 4.69) is 0 Å². The van der Waals surface area contributed by atoms with Crippen molar-refractivity contribution in [1.29, 1.82) is 0 Å². The second-order valence-electron chi connectivity index (χ2n) is 9.79. The van der Waals surface area contributed by atoms with Crippen LogP contribution in [0.2, 0.25) is 0 Å². The van der Waals surface area contributed by atoms with E-state index in [9.17, 15) is 4.79 Å². The number of carbonyl (C=O) groups excluding carboxylic acids is 1. The maximum atomic E-state index is 14.2. The first-order valence-electron chi connectivity index (χ1n) is 13.3. The summed E-state index contributed by atoms with van der Waals surface area (Å²) < 4.78 is 34.6. The molecule has 1 heterocycles. The summed E-state index contributed by atoms with van der Waals surface area (Å²) in [5.41, 5.74) is 4.42.